The lowest BCUT2D eigenvalue weighted by atomic mass is 9.96. The summed E-state index contributed by atoms with van der Waals surface area (Å²) in [6.45, 7) is 2.69. The molecule has 0 atom stereocenters. The minimum atomic E-state index is -0.355. The third-order valence-corrected chi connectivity index (χ3v) is 8.28. The molecule has 45 heavy (non-hydrogen) atoms. The van der Waals surface area contributed by atoms with Gasteiger partial charge in [-0.1, -0.05) is 115 Å². The number of para-hydroxylation sites is 1. The number of amides is 2. The van der Waals surface area contributed by atoms with Gasteiger partial charge in [-0.05, 0) is 57.9 Å². The number of carbonyl (C=O) groups is 2. The Bertz CT molecular complexity index is 1790. The van der Waals surface area contributed by atoms with Crippen LogP contribution >= 0.6 is 12.2 Å². The SMILES string of the molecule is O=C(/C=C/c1cccc2ccccc12)NC(=S)Nc1ccccc1C(=O)N1CCN(C(c2ccccc2)c2ccccc2)CC1. The van der Waals surface area contributed by atoms with Crippen molar-refractivity contribution in [3.63, 3.8) is 0 Å². The van der Waals surface area contributed by atoms with Gasteiger partial charge in [-0.2, -0.15) is 0 Å². The van der Waals surface area contributed by atoms with Crippen molar-refractivity contribution < 1.29 is 9.59 Å². The van der Waals surface area contributed by atoms with Gasteiger partial charge in [0.2, 0.25) is 5.91 Å². The first-order valence-corrected chi connectivity index (χ1v) is 15.5. The number of hydrogen-bond acceptors (Lipinski definition) is 4. The predicted molar refractivity (Wildman–Crippen MR) is 186 cm³/mol. The molecule has 6 nitrogen and oxygen atoms in total. The summed E-state index contributed by atoms with van der Waals surface area (Å²) in [5.74, 6) is -0.426. The molecule has 1 aliphatic rings. The Morgan fingerprint density at radius 3 is 2.00 bits per heavy atom. The molecule has 0 bridgehead atoms. The number of hydrogen-bond donors (Lipinski definition) is 2. The highest BCUT2D eigenvalue weighted by molar-refractivity contribution is 7.80. The molecule has 0 aromatic heterocycles. The first kappa shape index (κ1) is 29.9. The van der Waals surface area contributed by atoms with Gasteiger partial charge in [-0.3, -0.25) is 19.8 Å². The molecule has 2 N–H and O–H groups in total. The summed E-state index contributed by atoms with van der Waals surface area (Å²) in [6, 6.07) is 42.4. The van der Waals surface area contributed by atoms with Crippen molar-refractivity contribution in [3.8, 4) is 0 Å². The molecule has 0 unspecified atom stereocenters. The van der Waals surface area contributed by atoms with Crippen molar-refractivity contribution in [2.75, 3.05) is 31.5 Å². The minimum absolute atomic E-state index is 0.0706. The maximum atomic E-state index is 13.7. The Hall–Kier alpha value is -5.11. The Kier molecular flexibility index (Phi) is 9.39. The molecule has 0 aliphatic carbocycles. The van der Waals surface area contributed by atoms with Gasteiger partial charge in [0.05, 0.1) is 17.3 Å². The quantitative estimate of drug-likeness (QED) is 0.155. The lowest BCUT2D eigenvalue weighted by Crippen LogP contribution is -2.50. The van der Waals surface area contributed by atoms with Crippen LogP contribution in [0.5, 0.6) is 0 Å². The molecule has 1 saturated heterocycles. The zero-order chi connectivity index (χ0) is 31.0. The monoisotopic (exact) mass is 610 g/mol. The van der Waals surface area contributed by atoms with Gasteiger partial charge in [-0.15, -0.1) is 0 Å². The highest BCUT2D eigenvalue weighted by Gasteiger charge is 2.29. The summed E-state index contributed by atoms with van der Waals surface area (Å²) in [7, 11) is 0. The second-order valence-electron chi connectivity index (χ2n) is 10.9. The molecule has 2 amide bonds. The number of carbonyl (C=O) groups excluding carboxylic acids is 2. The van der Waals surface area contributed by atoms with E-state index in [-0.39, 0.29) is 23.0 Å². The van der Waals surface area contributed by atoms with E-state index < -0.39 is 0 Å². The normalized spacial score (nSPS) is 13.7. The lowest BCUT2D eigenvalue weighted by molar-refractivity contribution is -0.115. The summed E-state index contributed by atoms with van der Waals surface area (Å²) in [6.07, 6.45) is 3.24. The van der Waals surface area contributed by atoms with Gasteiger partial charge >= 0.3 is 0 Å². The first-order chi connectivity index (χ1) is 22.1. The summed E-state index contributed by atoms with van der Waals surface area (Å²) >= 11 is 5.45. The van der Waals surface area contributed by atoms with E-state index in [9.17, 15) is 9.59 Å². The van der Waals surface area contributed by atoms with Crippen LogP contribution in [0, 0.1) is 0 Å². The number of thiocarbonyl (C=S) groups is 1. The number of rotatable bonds is 7. The Labute approximate surface area is 269 Å². The summed E-state index contributed by atoms with van der Waals surface area (Å²) in [5.41, 5.74) is 4.48. The number of anilines is 1. The van der Waals surface area contributed by atoms with Crippen molar-refractivity contribution >= 4 is 51.7 Å². The third-order valence-electron chi connectivity index (χ3n) is 8.08. The van der Waals surface area contributed by atoms with Crippen LogP contribution in [0.15, 0.2) is 133 Å². The minimum Gasteiger partial charge on any atom is -0.336 e. The Morgan fingerprint density at radius 2 is 1.29 bits per heavy atom. The molecule has 5 aromatic rings. The van der Waals surface area contributed by atoms with Gasteiger partial charge in [0.1, 0.15) is 0 Å². The maximum Gasteiger partial charge on any atom is 0.256 e. The Morgan fingerprint density at radius 1 is 0.689 bits per heavy atom. The fourth-order valence-electron chi connectivity index (χ4n) is 5.89. The van der Waals surface area contributed by atoms with Crippen LogP contribution in [-0.4, -0.2) is 52.9 Å². The summed E-state index contributed by atoms with van der Waals surface area (Å²) < 4.78 is 0. The number of nitrogens with zero attached hydrogens (tertiary/aromatic N) is 2. The lowest BCUT2D eigenvalue weighted by Gasteiger charge is -2.40. The topological polar surface area (TPSA) is 64.7 Å². The molecule has 0 saturated carbocycles. The molecule has 6 rings (SSSR count). The van der Waals surface area contributed by atoms with Crippen LogP contribution in [-0.2, 0) is 4.79 Å². The van der Waals surface area contributed by atoms with Crippen molar-refractivity contribution in [2.45, 2.75) is 6.04 Å². The zero-order valence-electron chi connectivity index (χ0n) is 24.8. The van der Waals surface area contributed by atoms with Crippen LogP contribution in [0.2, 0.25) is 0 Å². The van der Waals surface area contributed by atoms with Crippen LogP contribution < -0.4 is 10.6 Å². The van der Waals surface area contributed by atoms with E-state index in [1.165, 1.54) is 17.2 Å². The van der Waals surface area contributed by atoms with Crippen molar-refractivity contribution in [1.82, 2.24) is 15.1 Å². The maximum absolute atomic E-state index is 13.7. The van der Waals surface area contributed by atoms with E-state index in [1.807, 2.05) is 71.6 Å². The standard InChI is InChI=1S/C38H34N4O2S/c43-35(23-22-29-18-11-17-28-12-7-8-19-32(28)29)40-38(45)39-34-21-10-9-20-33(34)37(44)42-26-24-41(25-27-42)36(30-13-3-1-4-14-30)31-15-5-2-6-16-31/h1-23,36H,24-27H2,(H2,39,40,43,45)/b23-22+. The summed E-state index contributed by atoms with van der Waals surface area (Å²) in [5, 5.41) is 8.07. The zero-order valence-corrected chi connectivity index (χ0v) is 25.6. The highest BCUT2D eigenvalue weighted by atomic mass is 32.1. The molecule has 224 valence electrons. The fourth-order valence-corrected chi connectivity index (χ4v) is 6.10. The van der Waals surface area contributed by atoms with E-state index in [0.717, 1.165) is 29.4 Å². The van der Waals surface area contributed by atoms with Gasteiger partial charge < -0.3 is 10.2 Å². The molecule has 0 radical (unpaired) electrons. The van der Waals surface area contributed by atoms with Gasteiger partial charge in [-0.25, -0.2) is 0 Å². The van der Waals surface area contributed by atoms with Crippen molar-refractivity contribution in [3.05, 3.63) is 156 Å². The number of piperazine rings is 1. The van der Waals surface area contributed by atoms with E-state index >= 15 is 0 Å². The molecule has 1 aliphatic heterocycles. The molecule has 0 spiro atoms. The van der Waals surface area contributed by atoms with E-state index in [2.05, 4.69) is 64.1 Å². The van der Waals surface area contributed by atoms with Crippen LogP contribution in [0.1, 0.15) is 33.1 Å². The highest BCUT2D eigenvalue weighted by Crippen LogP contribution is 2.30. The third kappa shape index (κ3) is 7.17. The summed E-state index contributed by atoms with van der Waals surface area (Å²) in [4.78, 5) is 30.8. The second-order valence-corrected chi connectivity index (χ2v) is 11.4. The van der Waals surface area contributed by atoms with E-state index in [4.69, 9.17) is 12.2 Å². The molecule has 1 fully saturated rings. The van der Waals surface area contributed by atoms with Crippen molar-refractivity contribution in [1.29, 1.82) is 0 Å². The Balaban J connectivity index is 1.09. The number of fused-ring (bicyclic) bond motifs is 1. The molecular formula is C38H34N4O2S. The average Bonchev–Trinajstić information content (AvgIpc) is 3.08. The van der Waals surface area contributed by atoms with Crippen LogP contribution in [0.4, 0.5) is 5.69 Å². The molecule has 5 aromatic carbocycles. The van der Waals surface area contributed by atoms with E-state index in [1.54, 1.807) is 18.2 Å². The van der Waals surface area contributed by atoms with Crippen LogP contribution in [0.3, 0.4) is 0 Å². The average molecular weight is 611 g/mol. The molecular weight excluding hydrogens is 577 g/mol. The fraction of sp³-hybridized carbons (Fsp3) is 0.132. The van der Waals surface area contributed by atoms with Gasteiger partial charge in [0.15, 0.2) is 5.11 Å². The predicted octanol–water partition coefficient (Wildman–Crippen LogP) is 6.91. The van der Waals surface area contributed by atoms with Gasteiger partial charge in [0, 0.05) is 32.3 Å². The van der Waals surface area contributed by atoms with Crippen molar-refractivity contribution in [2.24, 2.45) is 0 Å². The number of benzene rings is 5. The first-order valence-electron chi connectivity index (χ1n) is 15.1. The molecule has 1 heterocycles. The second kappa shape index (κ2) is 14.1. The number of nitrogens with one attached hydrogen (secondary N) is 2. The molecule has 7 heteroatoms. The largest absolute Gasteiger partial charge is 0.336 e. The smallest absolute Gasteiger partial charge is 0.256 e. The van der Waals surface area contributed by atoms with Gasteiger partial charge in [0.25, 0.3) is 5.91 Å². The van der Waals surface area contributed by atoms with Crippen LogP contribution in [0.25, 0.3) is 16.8 Å². The van der Waals surface area contributed by atoms with E-state index in [0.29, 0.717) is 24.3 Å².